The lowest BCUT2D eigenvalue weighted by Crippen LogP contribution is -2.42. The summed E-state index contributed by atoms with van der Waals surface area (Å²) in [4.78, 5) is 0. The van der Waals surface area contributed by atoms with Crippen LogP contribution in [-0.2, 0) is 4.74 Å². The first-order chi connectivity index (χ1) is 8.39. The zero-order chi connectivity index (χ0) is 11.3. The largest absolute Gasteiger partial charge is 0.370 e. The Morgan fingerprint density at radius 2 is 2.12 bits per heavy atom. The SMILES string of the molecule is C1=CC2=C3C(CNC2C=C1)COC31CCCC1. The number of hydrogen-bond acceptors (Lipinski definition) is 2. The van der Waals surface area contributed by atoms with E-state index in [1.807, 2.05) is 0 Å². The van der Waals surface area contributed by atoms with E-state index in [1.165, 1.54) is 31.3 Å². The Morgan fingerprint density at radius 3 is 3.00 bits per heavy atom. The summed E-state index contributed by atoms with van der Waals surface area (Å²) in [6, 6.07) is 0.436. The molecule has 2 fully saturated rings. The highest BCUT2D eigenvalue weighted by molar-refractivity contribution is 5.47. The van der Waals surface area contributed by atoms with Crippen LogP contribution in [0.3, 0.4) is 0 Å². The van der Waals surface area contributed by atoms with E-state index in [4.69, 9.17) is 4.74 Å². The van der Waals surface area contributed by atoms with Gasteiger partial charge in [0.1, 0.15) is 0 Å². The van der Waals surface area contributed by atoms with Gasteiger partial charge in [-0.3, -0.25) is 0 Å². The maximum Gasteiger partial charge on any atom is 0.0902 e. The van der Waals surface area contributed by atoms with Crippen molar-refractivity contribution in [2.45, 2.75) is 37.3 Å². The summed E-state index contributed by atoms with van der Waals surface area (Å²) in [5.74, 6) is 0.621. The van der Waals surface area contributed by atoms with Crippen molar-refractivity contribution >= 4 is 0 Å². The lowest BCUT2D eigenvalue weighted by Gasteiger charge is -2.35. The van der Waals surface area contributed by atoms with Gasteiger partial charge in [-0.1, -0.05) is 37.1 Å². The van der Waals surface area contributed by atoms with E-state index >= 15 is 0 Å². The average molecular weight is 229 g/mol. The van der Waals surface area contributed by atoms with Gasteiger partial charge in [-0.2, -0.15) is 0 Å². The highest BCUT2D eigenvalue weighted by Crippen LogP contribution is 2.50. The highest BCUT2D eigenvalue weighted by atomic mass is 16.5. The van der Waals surface area contributed by atoms with E-state index in [2.05, 4.69) is 29.6 Å². The molecule has 1 spiro atoms. The van der Waals surface area contributed by atoms with E-state index in [0.29, 0.717) is 12.0 Å². The van der Waals surface area contributed by atoms with Gasteiger partial charge in [-0.05, 0) is 24.0 Å². The van der Waals surface area contributed by atoms with Crippen molar-refractivity contribution < 1.29 is 4.74 Å². The van der Waals surface area contributed by atoms with Gasteiger partial charge in [0.15, 0.2) is 0 Å². The van der Waals surface area contributed by atoms with Crippen LogP contribution in [0.5, 0.6) is 0 Å². The highest BCUT2D eigenvalue weighted by Gasteiger charge is 2.49. The molecule has 2 heteroatoms. The Bertz CT molecular complexity index is 426. The summed E-state index contributed by atoms with van der Waals surface area (Å²) < 4.78 is 6.24. The predicted molar refractivity (Wildman–Crippen MR) is 67.7 cm³/mol. The van der Waals surface area contributed by atoms with Crippen molar-refractivity contribution in [2.75, 3.05) is 13.2 Å². The zero-order valence-electron chi connectivity index (χ0n) is 10.1. The summed E-state index contributed by atoms with van der Waals surface area (Å²) in [5, 5.41) is 3.62. The minimum Gasteiger partial charge on any atom is -0.370 e. The normalized spacial score (nSPS) is 37.6. The smallest absolute Gasteiger partial charge is 0.0902 e. The van der Waals surface area contributed by atoms with Gasteiger partial charge in [0.25, 0.3) is 0 Å². The van der Waals surface area contributed by atoms with Crippen molar-refractivity contribution in [3.05, 3.63) is 35.5 Å². The summed E-state index contributed by atoms with van der Waals surface area (Å²) in [6.07, 6.45) is 14.1. The van der Waals surface area contributed by atoms with Gasteiger partial charge >= 0.3 is 0 Å². The summed E-state index contributed by atoms with van der Waals surface area (Å²) in [6.45, 7) is 2.01. The molecule has 2 nitrogen and oxygen atoms in total. The molecule has 0 amide bonds. The molecular weight excluding hydrogens is 210 g/mol. The maximum absolute atomic E-state index is 6.24. The van der Waals surface area contributed by atoms with Crippen molar-refractivity contribution in [2.24, 2.45) is 5.92 Å². The van der Waals surface area contributed by atoms with Crippen molar-refractivity contribution in [3.8, 4) is 0 Å². The molecule has 0 aromatic heterocycles. The van der Waals surface area contributed by atoms with Crippen LogP contribution >= 0.6 is 0 Å². The fraction of sp³-hybridized carbons (Fsp3) is 0.600. The molecule has 0 bridgehead atoms. The summed E-state index contributed by atoms with van der Waals surface area (Å²) >= 11 is 0. The van der Waals surface area contributed by atoms with E-state index in [-0.39, 0.29) is 5.60 Å². The number of hydrogen-bond donors (Lipinski definition) is 1. The molecule has 1 saturated carbocycles. The van der Waals surface area contributed by atoms with Crippen LogP contribution in [0.4, 0.5) is 0 Å². The lowest BCUT2D eigenvalue weighted by atomic mass is 9.77. The third-order valence-corrected chi connectivity index (χ3v) is 4.79. The molecule has 17 heavy (non-hydrogen) atoms. The van der Waals surface area contributed by atoms with Crippen molar-refractivity contribution in [1.29, 1.82) is 0 Å². The molecule has 0 aromatic carbocycles. The molecule has 1 N–H and O–H groups in total. The molecule has 90 valence electrons. The van der Waals surface area contributed by atoms with Crippen LogP contribution < -0.4 is 5.32 Å². The Morgan fingerprint density at radius 1 is 1.24 bits per heavy atom. The van der Waals surface area contributed by atoms with Gasteiger partial charge in [0.2, 0.25) is 0 Å². The standard InChI is InChI=1S/C15H19NO/c1-2-6-13-12(5-1)14-11(9-16-13)10-17-15(14)7-3-4-8-15/h1-2,5-6,11,13,16H,3-4,7-10H2. The van der Waals surface area contributed by atoms with E-state index in [0.717, 1.165) is 13.2 Å². The minimum atomic E-state index is 0.121. The van der Waals surface area contributed by atoms with Crippen molar-refractivity contribution in [1.82, 2.24) is 5.32 Å². The molecule has 4 rings (SSSR count). The second kappa shape index (κ2) is 3.56. The van der Waals surface area contributed by atoms with Gasteiger partial charge in [0, 0.05) is 12.5 Å². The Kier molecular flexibility index (Phi) is 2.12. The zero-order valence-corrected chi connectivity index (χ0v) is 10.1. The summed E-state index contributed by atoms with van der Waals surface area (Å²) in [7, 11) is 0. The van der Waals surface area contributed by atoms with Crippen LogP contribution in [0.25, 0.3) is 0 Å². The third kappa shape index (κ3) is 1.34. The van der Waals surface area contributed by atoms with Gasteiger partial charge in [0.05, 0.1) is 18.2 Å². The molecule has 2 atom stereocenters. The summed E-state index contributed by atoms with van der Waals surface area (Å²) in [5.41, 5.74) is 3.26. The topological polar surface area (TPSA) is 21.3 Å². The molecule has 4 aliphatic rings. The van der Waals surface area contributed by atoms with Crippen LogP contribution in [0, 0.1) is 5.92 Å². The first kappa shape index (κ1) is 10.1. The van der Waals surface area contributed by atoms with Gasteiger partial charge < -0.3 is 10.1 Å². The van der Waals surface area contributed by atoms with Gasteiger partial charge in [-0.15, -0.1) is 0 Å². The molecule has 2 heterocycles. The number of nitrogens with one attached hydrogen (secondary N) is 1. The minimum absolute atomic E-state index is 0.121. The molecule has 2 aliphatic heterocycles. The molecule has 2 aliphatic carbocycles. The molecule has 1 saturated heterocycles. The van der Waals surface area contributed by atoms with Crippen molar-refractivity contribution in [3.63, 3.8) is 0 Å². The van der Waals surface area contributed by atoms with E-state index < -0.39 is 0 Å². The van der Waals surface area contributed by atoms with Crippen LogP contribution in [0.1, 0.15) is 25.7 Å². The average Bonchev–Trinajstić information content (AvgIpc) is 2.99. The second-order valence-electron chi connectivity index (χ2n) is 5.71. The third-order valence-electron chi connectivity index (χ3n) is 4.79. The van der Waals surface area contributed by atoms with Crippen LogP contribution in [0.15, 0.2) is 35.5 Å². The number of fused-ring (bicyclic) bond motifs is 3. The van der Waals surface area contributed by atoms with E-state index in [1.54, 1.807) is 5.57 Å². The second-order valence-corrected chi connectivity index (χ2v) is 5.71. The van der Waals surface area contributed by atoms with E-state index in [9.17, 15) is 0 Å². The monoisotopic (exact) mass is 229 g/mol. The number of ether oxygens (including phenoxy) is 1. The first-order valence-electron chi connectivity index (χ1n) is 6.86. The predicted octanol–water partition coefficient (Wildman–Crippen LogP) is 2.34. The lowest BCUT2D eigenvalue weighted by molar-refractivity contribution is 0.0267. The Labute approximate surface area is 102 Å². The number of rotatable bonds is 0. The molecule has 0 aromatic rings. The molecule has 2 unspecified atom stereocenters. The molecular formula is C15H19NO. The number of allylic oxidation sites excluding steroid dienone is 2. The Balaban J connectivity index is 1.85. The van der Waals surface area contributed by atoms with Gasteiger partial charge in [-0.25, -0.2) is 0 Å². The fourth-order valence-electron chi connectivity index (χ4n) is 4.06. The molecule has 0 radical (unpaired) electrons. The fourth-order valence-corrected chi connectivity index (χ4v) is 4.06. The Hall–Kier alpha value is -0.860. The first-order valence-corrected chi connectivity index (χ1v) is 6.86. The van der Waals surface area contributed by atoms with Crippen LogP contribution in [-0.4, -0.2) is 24.8 Å². The maximum atomic E-state index is 6.24. The quantitative estimate of drug-likeness (QED) is 0.688. The van der Waals surface area contributed by atoms with Crippen LogP contribution in [0.2, 0.25) is 0 Å².